The summed E-state index contributed by atoms with van der Waals surface area (Å²) in [6.07, 6.45) is 3.59. The highest BCUT2D eigenvalue weighted by Gasteiger charge is 2.23. The first-order valence-electron chi connectivity index (χ1n) is 10.1. The lowest BCUT2D eigenvalue weighted by molar-refractivity contribution is -0.122. The maximum absolute atomic E-state index is 12.8. The van der Waals surface area contributed by atoms with E-state index in [1.165, 1.54) is 0 Å². The minimum Gasteiger partial charge on any atom is -0.351 e. The van der Waals surface area contributed by atoms with Gasteiger partial charge in [0.2, 0.25) is 5.91 Å². The smallest absolute Gasteiger partial charge is 0.253 e. The molecular weight excluding hydrogens is 378 g/mol. The molecule has 1 saturated heterocycles. The van der Waals surface area contributed by atoms with E-state index in [2.05, 4.69) is 15.3 Å². The number of carbonyl (C=O) groups excluding carboxylic acids is 2. The average Bonchev–Trinajstić information content (AvgIpc) is 3.34. The Bertz CT molecular complexity index is 963. The number of piperazine rings is 1. The van der Waals surface area contributed by atoms with Crippen molar-refractivity contribution in [3.8, 4) is 5.69 Å². The molecule has 0 radical (unpaired) electrons. The van der Waals surface area contributed by atoms with Crippen molar-refractivity contribution in [3.63, 3.8) is 0 Å². The van der Waals surface area contributed by atoms with Crippen LogP contribution in [0, 0.1) is 0 Å². The molecule has 2 aromatic carbocycles. The van der Waals surface area contributed by atoms with Gasteiger partial charge in [-0.25, -0.2) is 4.68 Å². The summed E-state index contributed by atoms with van der Waals surface area (Å²) in [4.78, 5) is 28.9. The van der Waals surface area contributed by atoms with Gasteiger partial charge in [-0.15, -0.1) is 0 Å². The van der Waals surface area contributed by atoms with Gasteiger partial charge in [-0.1, -0.05) is 30.3 Å². The maximum Gasteiger partial charge on any atom is 0.253 e. The van der Waals surface area contributed by atoms with Gasteiger partial charge >= 0.3 is 0 Å². The summed E-state index contributed by atoms with van der Waals surface area (Å²) < 4.78 is 1.76. The zero-order valence-electron chi connectivity index (χ0n) is 16.8. The van der Waals surface area contributed by atoms with Gasteiger partial charge < -0.3 is 10.2 Å². The Morgan fingerprint density at radius 1 is 0.900 bits per heavy atom. The van der Waals surface area contributed by atoms with Crippen molar-refractivity contribution < 1.29 is 9.59 Å². The molecule has 4 rings (SSSR count). The van der Waals surface area contributed by atoms with Crippen molar-refractivity contribution in [1.29, 1.82) is 0 Å². The molecule has 3 aromatic rings. The molecule has 1 N–H and O–H groups in total. The fourth-order valence-corrected chi connectivity index (χ4v) is 3.53. The van der Waals surface area contributed by atoms with Gasteiger partial charge in [0.1, 0.15) is 0 Å². The predicted octanol–water partition coefficient (Wildman–Crippen LogP) is 1.95. The molecule has 154 valence electrons. The number of nitrogens with one attached hydrogen (secondary N) is 1. The zero-order chi connectivity index (χ0) is 20.8. The predicted molar refractivity (Wildman–Crippen MR) is 114 cm³/mol. The van der Waals surface area contributed by atoms with E-state index in [9.17, 15) is 9.59 Å². The van der Waals surface area contributed by atoms with Crippen LogP contribution in [0.1, 0.15) is 15.9 Å². The molecule has 2 heterocycles. The molecular formula is C23H25N5O2. The SMILES string of the molecule is O=C(CN1CCN(C(=O)c2ccc(-n3cccn3)cc2)CC1)NCc1ccccc1. The molecule has 0 saturated carbocycles. The number of amides is 2. The Morgan fingerprint density at radius 3 is 2.30 bits per heavy atom. The number of benzene rings is 2. The minimum absolute atomic E-state index is 0.00726. The van der Waals surface area contributed by atoms with Crippen molar-refractivity contribution in [2.24, 2.45) is 0 Å². The van der Waals surface area contributed by atoms with Gasteiger partial charge in [0.05, 0.1) is 12.2 Å². The normalized spacial score (nSPS) is 14.5. The number of carbonyl (C=O) groups is 2. The molecule has 1 aromatic heterocycles. The van der Waals surface area contributed by atoms with Crippen molar-refractivity contribution in [2.75, 3.05) is 32.7 Å². The third-order valence-electron chi connectivity index (χ3n) is 5.24. The Hall–Kier alpha value is -3.45. The van der Waals surface area contributed by atoms with Crippen LogP contribution in [0.5, 0.6) is 0 Å². The van der Waals surface area contributed by atoms with Crippen LogP contribution in [-0.4, -0.2) is 64.1 Å². The van der Waals surface area contributed by atoms with Gasteiger partial charge in [-0.05, 0) is 35.9 Å². The fourth-order valence-electron chi connectivity index (χ4n) is 3.53. The molecule has 2 amide bonds. The molecule has 1 aliphatic heterocycles. The Kier molecular flexibility index (Phi) is 6.20. The van der Waals surface area contributed by atoms with Gasteiger partial charge in [-0.2, -0.15) is 5.10 Å². The molecule has 0 unspecified atom stereocenters. The number of nitrogens with zero attached hydrogens (tertiary/aromatic N) is 4. The van der Waals surface area contributed by atoms with Crippen LogP contribution in [0.2, 0.25) is 0 Å². The standard InChI is InChI=1S/C23H25N5O2/c29-22(24-17-19-5-2-1-3-6-19)18-26-13-15-27(16-14-26)23(30)20-7-9-21(10-8-20)28-12-4-11-25-28/h1-12H,13-18H2,(H,24,29). The van der Waals surface area contributed by atoms with Crippen LogP contribution in [0.3, 0.4) is 0 Å². The first-order chi connectivity index (χ1) is 14.7. The Labute approximate surface area is 175 Å². The third-order valence-corrected chi connectivity index (χ3v) is 5.24. The minimum atomic E-state index is 0.00726. The first kappa shape index (κ1) is 19.8. The maximum atomic E-state index is 12.8. The fraction of sp³-hybridized carbons (Fsp3) is 0.261. The molecule has 30 heavy (non-hydrogen) atoms. The lowest BCUT2D eigenvalue weighted by atomic mass is 10.1. The second-order valence-electron chi connectivity index (χ2n) is 7.33. The largest absolute Gasteiger partial charge is 0.351 e. The summed E-state index contributed by atoms with van der Waals surface area (Å²) >= 11 is 0. The van der Waals surface area contributed by atoms with Crippen LogP contribution in [0.25, 0.3) is 5.69 Å². The van der Waals surface area contributed by atoms with Crippen LogP contribution in [-0.2, 0) is 11.3 Å². The average molecular weight is 403 g/mol. The third kappa shape index (κ3) is 4.93. The second-order valence-corrected chi connectivity index (χ2v) is 7.33. The molecule has 1 aliphatic rings. The zero-order valence-corrected chi connectivity index (χ0v) is 16.8. The van der Waals surface area contributed by atoms with Crippen molar-refractivity contribution in [3.05, 3.63) is 84.2 Å². The Morgan fingerprint density at radius 2 is 1.63 bits per heavy atom. The van der Waals surface area contributed by atoms with Crippen LogP contribution < -0.4 is 5.32 Å². The summed E-state index contributed by atoms with van der Waals surface area (Å²) in [5.41, 5.74) is 2.67. The molecule has 7 heteroatoms. The van der Waals surface area contributed by atoms with E-state index in [4.69, 9.17) is 0 Å². The second kappa shape index (κ2) is 9.37. The van der Waals surface area contributed by atoms with Crippen LogP contribution in [0.15, 0.2) is 73.1 Å². The highest BCUT2D eigenvalue weighted by molar-refractivity contribution is 5.94. The monoisotopic (exact) mass is 403 g/mol. The number of rotatable bonds is 6. The van der Waals surface area contributed by atoms with Gasteiger partial charge in [0, 0.05) is 50.7 Å². The molecule has 0 bridgehead atoms. The van der Waals surface area contributed by atoms with Crippen LogP contribution >= 0.6 is 0 Å². The van der Waals surface area contributed by atoms with Gasteiger partial charge in [0.25, 0.3) is 5.91 Å². The summed E-state index contributed by atoms with van der Waals surface area (Å²) in [5, 5.41) is 7.15. The highest BCUT2D eigenvalue weighted by Crippen LogP contribution is 2.12. The molecule has 0 atom stereocenters. The number of aromatic nitrogens is 2. The summed E-state index contributed by atoms with van der Waals surface area (Å²) in [6.45, 7) is 3.50. The van der Waals surface area contributed by atoms with Gasteiger partial charge in [0.15, 0.2) is 0 Å². The van der Waals surface area contributed by atoms with E-state index in [0.717, 1.165) is 11.3 Å². The van der Waals surface area contributed by atoms with Crippen molar-refractivity contribution in [1.82, 2.24) is 24.9 Å². The molecule has 0 aliphatic carbocycles. The summed E-state index contributed by atoms with van der Waals surface area (Å²) in [5.74, 6) is 0.0306. The van der Waals surface area contributed by atoms with E-state index in [-0.39, 0.29) is 11.8 Å². The van der Waals surface area contributed by atoms with E-state index < -0.39 is 0 Å². The summed E-state index contributed by atoms with van der Waals surface area (Å²) in [6, 6.07) is 19.2. The first-order valence-corrected chi connectivity index (χ1v) is 10.1. The molecule has 1 fully saturated rings. The van der Waals surface area contributed by atoms with Crippen molar-refractivity contribution >= 4 is 11.8 Å². The topological polar surface area (TPSA) is 70.5 Å². The van der Waals surface area contributed by atoms with Crippen molar-refractivity contribution in [2.45, 2.75) is 6.54 Å². The number of hydrogen-bond donors (Lipinski definition) is 1. The summed E-state index contributed by atoms with van der Waals surface area (Å²) in [7, 11) is 0. The lowest BCUT2D eigenvalue weighted by Crippen LogP contribution is -2.51. The van der Waals surface area contributed by atoms with E-state index in [1.54, 1.807) is 10.9 Å². The quantitative estimate of drug-likeness (QED) is 0.683. The van der Waals surface area contributed by atoms with E-state index in [0.29, 0.717) is 44.8 Å². The van der Waals surface area contributed by atoms with E-state index >= 15 is 0 Å². The molecule has 7 nitrogen and oxygen atoms in total. The van der Waals surface area contributed by atoms with Gasteiger partial charge in [-0.3, -0.25) is 14.5 Å². The number of hydrogen-bond acceptors (Lipinski definition) is 4. The highest BCUT2D eigenvalue weighted by atomic mass is 16.2. The van der Waals surface area contributed by atoms with E-state index in [1.807, 2.05) is 71.8 Å². The molecule has 0 spiro atoms. The Balaban J connectivity index is 1.24. The lowest BCUT2D eigenvalue weighted by Gasteiger charge is -2.34. The van der Waals surface area contributed by atoms with Crippen LogP contribution in [0.4, 0.5) is 0 Å².